The molecule has 0 aliphatic carbocycles. The van der Waals surface area contributed by atoms with Crippen LogP contribution in [0, 0.1) is 3.57 Å². The standard InChI is InChI=1S/C19H17BrIN3/c20-15-9-2-4-11-17(15)24-19-14(8-5-6-12-22-19)18(23-24)13-7-1-3-10-16(13)21/h1-4,7,9-11,22H,5-6,8,12H2. The van der Waals surface area contributed by atoms with Crippen LogP contribution in [0.1, 0.15) is 18.4 Å². The van der Waals surface area contributed by atoms with Crippen molar-refractivity contribution in [2.75, 3.05) is 11.9 Å². The quantitative estimate of drug-likeness (QED) is 0.467. The molecule has 0 unspecified atom stereocenters. The third kappa shape index (κ3) is 2.88. The second kappa shape index (κ2) is 6.88. The number of nitrogens with one attached hydrogen (secondary N) is 1. The van der Waals surface area contributed by atoms with Gasteiger partial charge in [-0.25, -0.2) is 4.68 Å². The van der Waals surface area contributed by atoms with E-state index >= 15 is 0 Å². The number of aromatic nitrogens is 2. The minimum atomic E-state index is 0.995. The number of hydrogen-bond donors (Lipinski definition) is 1. The van der Waals surface area contributed by atoms with Crippen LogP contribution in [0.15, 0.2) is 53.0 Å². The highest BCUT2D eigenvalue weighted by Gasteiger charge is 2.23. The van der Waals surface area contributed by atoms with Crippen molar-refractivity contribution in [1.82, 2.24) is 9.78 Å². The molecule has 0 saturated carbocycles. The predicted octanol–water partition coefficient (Wildman–Crippen LogP) is 5.65. The lowest BCUT2D eigenvalue weighted by Crippen LogP contribution is -2.07. The van der Waals surface area contributed by atoms with Crippen LogP contribution in [0.2, 0.25) is 0 Å². The Kier molecular flexibility index (Phi) is 4.63. The summed E-state index contributed by atoms with van der Waals surface area (Å²) in [4.78, 5) is 0. The molecule has 0 amide bonds. The Morgan fingerprint density at radius 1 is 1.04 bits per heavy atom. The summed E-state index contributed by atoms with van der Waals surface area (Å²) in [6, 6.07) is 16.7. The van der Waals surface area contributed by atoms with E-state index < -0.39 is 0 Å². The van der Waals surface area contributed by atoms with Crippen LogP contribution in [0.25, 0.3) is 16.9 Å². The van der Waals surface area contributed by atoms with Crippen LogP contribution in [-0.4, -0.2) is 16.3 Å². The number of para-hydroxylation sites is 1. The molecule has 5 heteroatoms. The minimum absolute atomic E-state index is 0.995. The number of halogens is 2. The van der Waals surface area contributed by atoms with Gasteiger partial charge in [0.1, 0.15) is 5.82 Å². The van der Waals surface area contributed by atoms with Crippen LogP contribution < -0.4 is 5.32 Å². The maximum Gasteiger partial charge on any atom is 0.133 e. The molecule has 0 saturated heterocycles. The fraction of sp³-hybridized carbons (Fsp3) is 0.211. The van der Waals surface area contributed by atoms with E-state index in [9.17, 15) is 0 Å². The summed E-state index contributed by atoms with van der Waals surface area (Å²) in [5, 5.41) is 8.62. The third-order valence-electron chi connectivity index (χ3n) is 4.34. The Hall–Kier alpha value is -1.34. The molecule has 3 aromatic rings. The zero-order valence-electron chi connectivity index (χ0n) is 13.1. The number of nitrogens with zero attached hydrogens (tertiary/aromatic N) is 2. The summed E-state index contributed by atoms with van der Waals surface area (Å²) in [5.41, 5.74) is 4.71. The lowest BCUT2D eigenvalue weighted by molar-refractivity contribution is 0.779. The van der Waals surface area contributed by atoms with Gasteiger partial charge in [-0.2, -0.15) is 5.10 Å². The fourth-order valence-corrected chi connectivity index (χ4v) is 4.27. The SMILES string of the molecule is Brc1ccccc1-n1nc(-c2ccccc2I)c2c1NCCCC2. The first-order chi connectivity index (χ1) is 11.8. The third-order valence-corrected chi connectivity index (χ3v) is 5.95. The van der Waals surface area contributed by atoms with Gasteiger partial charge in [0.25, 0.3) is 0 Å². The second-order valence-corrected chi connectivity index (χ2v) is 7.92. The normalized spacial score (nSPS) is 13.9. The summed E-state index contributed by atoms with van der Waals surface area (Å²) in [5.74, 6) is 1.13. The Balaban J connectivity index is 1.96. The molecule has 122 valence electrons. The van der Waals surface area contributed by atoms with E-state index in [0.29, 0.717) is 0 Å². The maximum atomic E-state index is 5.02. The molecule has 0 radical (unpaired) electrons. The van der Waals surface area contributed by atoms with Crippen molar-refractivity contribution in [3.05, 3.63) is 62.1 Å². The van der Waals surface area contributed by atoms with Crippen molar-refractivity contribution in [2.24, 2.45) is 0 Å². The Labute approximate surface area is 163 Å². The average Bonchev–Trinajstić information content (AvgIpc) is 2.78. The zero-order chi connectivity index (χ0) is 16.5. The first-order valence-electron chi connectivity index (χ1n) is 8.11. The lowest BCUT2D eigenvalue weighted by atomic mass is 10.0. The first kappa shape index (κ1) is 16.1. The molecule has 4 rings (SSSR count). The summed E-state index contributed by atoms with van der Waals surface area (Å²) >= 11 is 6.07. The number of benzene rings is 2. The molecule has 2 heterocycles. The summed E-state index contributed by atoms with van der Waals surface area (Å²) in [7, 11) is 0. The Morgan fingerprint density at radius 2 is 1.83 bits per heavy atom. The summed E-state index contributed by atoms with van der Waals surface area (Å²) < 4.78 is 4.35. The average molecular weight is 494 g/mol. The van der Waals surface area contributed by atoms with Crippen molar-refractivity contribution in [3.8, 4) is 16.9 Å². The van der Waals surface area contributed by atoms with E-state index in [2.05, 4.69) is 91.0 Å². The van der Waals surface area contributed by atoms with Crippen LogP contribution in [0.3, 0.4) is 0 Å². The minimum Gasteiger partial charge on any atom is -0.370 e. The van der Waals surface area contributed by atoms with Crippen LogP contribution >= 0.6 is 38.5 Å². The highest BCUT2D eigenvalue weighted by atomic mass is 127. The van der Waals surface area contributed by atoms with E-state index in [1.807, 2.05) is 6.07 Å². The van der Waals surface area contributed by atoms with Crippen molar-refractivity contribution < 1.29 is 0 Å². The highest BCUT2D eigenvalue weighted by Crippen LogP contribution is 2.36. The Morgan fingerprint density at radius 3 is 2.67 bits per heavy atom. The van der Waals surface area contributed by atoms with Crippen LogP contribution in [0.4, 0.5) is 5.82 Å². The van der Waals surface area contributed by atoms with E-state index in [1.165, 1.54) is 27.5 Å². The highest BCUT2D eigenvalue weighted by molar-refractivity contribution is 14.1. The molecule has 0 bridgehead atoms. The second-order valence-electron chi connectivity index (χ2n) is 5.90. The summed E-state index contributed by atoms with van der Waals surface area (Å²) in [6.45, 7) is 0.995. The van der Waals surface area contributed by atoms with Gasteiger partial charge in [0.15, 0.2) is 0 Å². The van der Waals surface area contributed by atoms with Crippen molar-refractivity contribution >= 4 is 44.3 Å². The van der Waals surface area contributed by atoms with E-state index in [-0.39, 0.29) is 0 Å². The van der Waals surface area contributed by atoms with Gasteiger partial charge in [0.2, 0.25) is 0 Å². The smallest absolute Gasteiger partial charge is 0.133 e. The Bertz CT molecular complexity index is 818. The van der Waals surface area contributed by atoms with Gasteiger partial charge in [0, 0.05) is 25.7 Å². The molecule has 0 spiro atoms. The number of anilines is 1. The number of rotatable bonds is 2. The molecule has 0 atom stereocenters. The van der Waals surface area contributed by atoms with Gasteiger partial charge in [-0.1, -0.05) is 30.3 Å². The van der Waals surface area contributed by atoms with Gasteiger partial charge in [0.05, 0.1) is 11.4 Å². The lowest BCUT2D eigenvalue weighted by Gasteiger charge is -2.10. The molecule has 2 aromatic carbocycles. The molecule has 24 heavy (non-hydrogen) atoms. The van der Waals surface area contributed by atoms with Gasteiger partial charge in [-0.15, -0.1) is 0 Å². The molecular weight excluding hydrogens is 477 g/mol. The first-order valence-corrected chi connectivity index (χ1v) is 9.98. The molecule has 3 nitrogen and oxygen atoms in total. The van der Waals surface area contributed by atoms with E-state index in [4.69, 9.17) is 5.10 Å². The molecule has 1 aliphatic rings. The monoisotopic (exact) mass is 493 g/mol. The van der Waals surface area contributed by atoms with Crippen LogP contribution in [0.5, 0.6) is 0 Å². The van der Waals surface area contributed by atoms with Gasteiger partial charge in [-0.05, 0) is 76.0 Å². The largest absolute Gasteiger partial charge is 0.370 e. The molecular formula is C19H17BrIN3. The molecule has 1 aliphatic heterocycles. The van der Waals surface area contributed by atoms with Crippen molar-refractivity contribution in [3.63, 3.8) is 0 Å². The molecule has 1 N–H and O–H groups in total. The summed E-state index contributed by atoms with van der Waals surface area (Å²) in [6.07, 6.45) is 3.45. The number of fused-ring (bicyclic) bond motifs is 1. The predicted molar refractivity (Wildman–Crippen MR) is 111 cm³/mol. The van der Waals surface area contributed by atoms with Crippen molar-refractivity contribution in [1.29, 1.82) is 0 Å². The van der Waals surface area contributed by atoms with Gasteiger partial charge in [-0.3, -0.25) is 0 Å². The van der Waals surface area contributed by atoms with Crippen LogP contribution in [-0.2, 0) is 6.42 Å². The maximum absolute atomic E-state index is 5.02. The molecule has 1 aromatic heterocycles. The molecule has 0 fully saturated rings. The topological polar surface area (TPSA) is 29.9 Å². The van der Waals surface area contributed by atoms with Gasteiger partial charge < -0.3 is 5.32 Å². The van der Waals surface area contributed by atoms with E-state index in [1.54, 1.807) is 0 Å². The van der Waals surface area contributed by atoms with Gasteiger partial charge >= 0.3 is 0 Å². The van der Waals surface area contributed by atoms with Crippen molar-refractivity contribution in [2.45, 2.75) is 19.3 Å². The fourth-order valence-electron chi connectivity index (χ4n) is 3.17. The van der Waals surface area contributed by atoms with E-state index in [0.717, 1.165) is 34.6 Å². The zero-order valence-corrected chi connectivity index (χ0v) is 16.8. The number of hydrogen-bond acceptors (Lipinski definition) is 2.